The van der Waals surface area contributed by atoms with Crippen molar-refractivity contribution in [2.24, 2.45) is 0 Å². The number of carbonyl (C=O) groups is 1. The van der Waals surface area contributed by atoms with Crippen LogP contribution < -0.4 is 5.32 Å². The zero-order valence-electron chi connectivity index (χ0n) is 17.8. The Morgan fingerprint density at radius 3 is 2.77 bits per heavy atom. The second-order valence-corrected chi connectivity index (χ2v) is 8.36. The first-order valence-corrected chi connectivity index (χ1v) is 11.2. The number of hydrogen-bond acceptors (Lipinski definition) is 2. The van der Waals surface area contributed by atoms with Crippen molar-refractivity contribution in [2.75, 3.05) is 0 Å². The maximum Gasteiger partial charge on any atom is 0.244 e. The molecule has 0 bridgehead atoms. The third kappa shape index (κ3) is 3.98. The minimum Gasteiger partial charge on any atom is -0.353 e. The number of benzene rings is 2. The van der Waals surface area contributed by atoms with Crippen LogP contribution in [0.3, 0.4) is 0 Å². The van der Waals surface area contributed by atoms with Crippen LogP contribution in [0, 0.1) is 0 Å². The van der Waals surface area contributed by atoms with Gasteiger partial charge < -0.3 is 10.3 Å². The topological polar surface area (TPSA) is 57.8 Å². The number of aromatic nitrogens is 2. The molecule has 1 atom stereocenters. The number of pyridine rings is 1. The van der Waals surface area contributed by atoms with Crippen LogP contribution in [-0.4, -0.2) is 15.9 Å². The Morgan fingerprint density at radius 1 is 1.06 bits per heavy atom. The van der Waals surface area contributed by atoms with Crippen molar-refractivity contribution in [3.63, 3.8) is 0 Å². The molecule has 1 amide bonds. The van der Waals surface area contributed by atoms with Gasteiger partial charge in [-0.15, -0.1) is 0 Å². The molecule has 0 saturated heterocycles. The number of carbonyl (C=O) groups excluding carboxylic acids is 1. The summed E-state index contributed by atoms with van der Waals surface area (Å²) in [6, 6.07) is 17.0. The molecule has 2 aromatic heterocycles. The number of aryl methyl sites for hydroxylation is 2. The molecule has 1 aliphatic rings. The van der Waals surface area contributed by atoms with E-state index >= 15 is 0 Å². The number of amides is 1. The number of nitrogens with one attached hydrogen (secondary N) is 2. The van der Waals surface area contributed by atoms with E-state index in [0.29, 0.717) is 0 Å². The van der Waals surface area contributed by atoms with E-state index in [4.69, 9.17) is 0 Å². The molecule has 0 radical (unpaired) electrons. The molecule has 156 valence electrons. The zero-order valence-corrected chi connectivity index (χ0v) is 17.8. The third-order valence-corrected chi connectivity index (χ3v) is 6.32. The van der Waals surface area contributed by atoms with E-state index in [1.54, 1.807) is 12.2 Å². The molecular weight excluding hydrogens is 382 g/mol. The lowest BCUT2D eigenvalue weighted by Gasteiger charge is -2.21. The molecule has 2 N–H and O–H groups in total. The first kappa shape index (κ1) is 19.6. The number of H-pyrrole nitrogens is 1. The number of fused-ring (bicyclic) bond motifs is 4. The molecule has 4 aromatic rings. The first-order chi connectivity index (χ1) is 15.2. The summed E-state index contributed by atoms with van der Waals surface area (Å²) in [5.41, 5.74) is 6.98. The second kappa shape index (κ2) is 8.38. The average Bonchev–Trinajstić information content (AvgIpc) is 3.19. The smallest absolute Gasteiger partial charge is 0.244 e. The summed E-state index contributed by atoms with van der Waals surface area (Å²) in [5, 5.41) is 5.44. The third-order valence-electron chi connectivity index (χ3n) is 6.32. The zero-order chi connectivity index (χ0) is 21.2. The summed E-state index contributed by atoms with van der Waals surface area (Å²) >= 11 is 0. The van der Waals surface area contributed by atoms with E-state index in [9.17, 15) is 4.79 Å². The second-order valence-electron chi connectivity index (χ2n) is 8.36. The van der Waals surface area contributed by atoms with Crippen LogP contribution in [-0.2, 0) is 17.6 Å². The van der Waals surface area contributed by atoms with E-state index in [1.807, 2.05) is 24.4 Å². The van der Waals surface area contributed by atoms with Crippen LogP contribution in [0.1, 0.15) is 54.6 Å². The van der Waals surface area contributed by atoms with Gasteiger partial charge in [-0.1, -0.05) is 43.3 Å². The molecule has 0 aliphatic heterocycles. The molecule has 2 heterocycles. The fourth-order valence-electron chi connectivity index (χ4n) is 4.63. The number of aromatic amines is 1. The van der Waals surface area contributed by atoms with Crippen LogP contribution in [0.4, 0.5) is 0 Å². The highest BCUT2D eigenvalue weighted by atomic mass is 16.1. The number of nitrogens with zero attached hydrogens (tertiary/aromatic N) is 1. The van der Waals surface area contributed by atoms with Gasteiger partial charge in [0, 0.05) is 22.4 Å². The monoisotopic (exact) mass is 409 g/mol. The summed E-state index contributed by atoms with van der Waals surface area (Å²) in [6.07, 6.45) is 10.9. The summed E-state index contributed by atoms with van der Waals surface area (Å²) in [6.45, 7) is 2.11. The van der Waals surface area contributed by atoms with Gasteiger partial charge in [0.1, 0.15) is 0 Å². The lowest BCUT2D eigenvalue weighted by molar-refractivity contribution is -0.117. The minimum absolute atomic E-state index is 0.0217. The molecule has 4 heteroatoms. The maximum atomic E-state index is 12.6. The number of rotatable bonds is 5. The van der Waals surface area contributed by atoms with Gasteiger partial charge in [0.15, 0.2) is 0 Å². The molecule has 1 unspecified atom stereocenters. The molecule has 0 spiro atoms. The van der Waals surface area contributed by atoms with E-state index < -0.39 is 0 Å². The predicted octanol–water partition coefficient (Wildman–Crippen LogP) is 5.88. The van der Waals surface area contributed by atoms with Gasteiger partial charge in [-0.2, -0.15) is 0 Å². The predicted molar refractivity (Wildman–Crippen MR) is 127 cm³/mol. The highest BCUT2D eigenvalue weighted by molar-refractivity contribution is 6.07. The highest BCUT2D eigenvalue weighted by Gasteiger charge is 2.15. The molecule has 5 rings (SSSR count). The van der Waals surface area contributed by atoms with Crippen LogP contribution in [0.5, 0.6) is 0 Å². The fraction of sp³-hybridized carbons (Fsp3) is 0.259. The molecule has 31 heavy (non-hydrogen) atoms. The summed E-state index contributed by atoms with van der Waals surface area (Å²) in [7, 11) is 0. The van der Waals surface area contributed by atoms with Gasteiger partial charge in [0.25, 0.3) is 0 Å². The van der Waals surface area contributed by atoms with Crippen molar-refractivity contribution in [2.45, 2.75) is 45.1 Å². The van der Waals surface area contributed by atoms with E-state index in [2.05, 4.69) is 52.5 Å². The van der Waals surface area contributed by atoms with Gasteiger partial charge in [-0.25, -0.2) is 0 Å². The standard InChI is InChI=1S/C27H27N3O/c1-2-24(20-12-11-18-7-3-4-8-19(18)15-20)30-27(31)14-13-21-16-23-22-9-5-6-10-25(22)29-26(23)17-28-21/h5-6,9-17,24,29H,2-4,7-8H2,1H3,(H,30,31)/b14-13+. The molecule has 1 aliphatic carbocycles. The van der Waals surface area contributed by atoms with Gasteiger partial charge in [-0.05, 0) is 67.0 Å². The van der Waals surface area contributed by atoms with Gasteiger partial charge in [0.2, 0.25) is 5.91 Å². The van der Waals surface area contributed by atoms with Crippen molar-refractivity contribution in [1.29, 1.82) is 0 Å². The van der Waals surface area contributed by atoms with Crippen LogP contribution >= 0.6 is 0 Å². The van der Waals surface area contributed by atoms with Crippen LogP contribution in [0.25, 0.3) is 27.9 Å². The first-order valence-electron chi connectivity index (χ1n) is 11.2. The minimum atomic E-state index is -0.0922. The molecule has 2 aromatic carbocycles. The lowest BCUT2D eigenvalue weighted by Crippen LogP contribution is -2.26. The SMILES string of the molecule is CCC(NC(=O)/C=C/c1cc2c(cn1)[nH]c1ccccc12)c1ccc2c(c1)CCCC2. The molecular formula is C27H27N3O. The summed E-state index contributed by atoms with van der Waals surface area (Å²) < 4.78 is 0. The summed E-state index contributed by atoms with van der Waals surface area (Å²) in [4.78, 5) is 20.5. The Hall–Kier alpha value is -3.40. The molecule has 0 saturated carbocycles. The van der Waals surface area contributed by atoms with Crippen LogP contribution in [0.15, 0.2) is 60.8 Å². The van der Waals surface area contributed by atoms with E-state index in [-0.39, 0.29) is 11.9 Å². The molecule has 4 nitrogen and oxygen atoms in total. The quantitative estimate of drug-likeness (QED) is 0.405. The normalized spacial score (nSPS) is 14.7. The Bertz CT molecular complexity index is 1280. The Morgan fingerprint density at radius 2 is 1.90 bits per heavy atom. The van der Waals surface area contributed by atoms with Crippen molar-refractivity contribution < 1.29 is 4.79 Å². The largest absolute Gasteiger partial charge is 0.353 e. The Kier molecular flexibility index (Phi) is 5.29. The van der Waals surface area contributed by atoms with Crippen molar-refractivity contribution in [3.8, 4) is 0 Å². The summed E-state index contributed by atoms with van der Waals surface area (Å²) in [5.74, 6) is -0.0922. The van der Waals surface area contributed by atoms with Gasteiger partial charge in [-0.3, -0.25) is 9.78 Å². The number of para-hydroxylation sites is 1. The van der Waals surface area contributed by atoms with E-state index in [1.165, 1.54) is 36.0 Å². The van der Waals surface area contributed by atoms with Gasteiger partial charge >= 0.3 is 0 Å². The van der Waals surface area contributed by atoms with Crippen molar-refractivity contribution >= 4 is 33.8 Å². The fourth-order valence-corrected chi connectivity index (χ4v) is 4.63. The Labute approximate surface area is 182 Å². The molecule has 0 fully saturated rings. The highest BCUT2D eigenvalue weighted by Crippen LogP contribution is 2.27. The maximum absolute atomic E-state index is 12.6. The number of hydrogen-bond donors (Lipinski definition) is 2. The van der Waals surface area contributed by atoms with Crippen LogP contribution in [0.2, 0.25) is 0 Å². The van der Waals surface area contributed by atoms with Gasteiger partial charge in [0.05, 0.1) is 23.4 Å². The average molecular weight is 410 g/mol. The van der Waals surface area contributed by atoms with E-state index in [0.717, 1.165) is 40.3 Å². The lowest BCUT2D eigenvalue weighted by atomic mass is 9.89. The Balaban J connectivity index is 1.32. The van der Waals surface area contributed by atoms with Crippen molar-refractivity contribution in [3.05, 3.63) is 83.2 Å². The van der Waals surface area contributed by atoms with Crippen molar-refractivity contribution in [1.82, 2.24) is 15.3 Å².